The fraction of sp³-hybridized carbons (Fsp3) is 0.235. The highest BCUT2D eigenvalue weighted by molar-refractivity contribution is 7.26. The van der Waals surface area contributed by atoms with Gasteiger partial charge in [0.25, 0.3) is 0 Å². The summed E-state index contributed by atoms with van der Waals surface area (Å²) in [5, 5.41) is 2.27. The molecule has 0 aromatic heterocycles. The summed E-state index contributed by atoms with van der Waals surface area (Å²) in [6, 6.07) is 15.3. The first-order valence-corrected chi connectivity index (χ1v) is 15.2. The highest BCUT2D eigenvalue weighted by Crippen LogP contribution is 2.14. The van der Waals surface area contributed by atoms with Crippen molar-refractivity contribution in [3.05, 3.63) is 59.7 Å². The molecule has 2 aromatic rings. The number of hydrogen-bond donors (Lipinski definition) is 0. The van der Waals surface area contributed by atoms with Gasteiger partial charge >= 0.3 is 0 Å². The van der Waals surface area contributed by atoms with E-state index in [1.165, 1.54) is 0 Å². The molecule has 0 atom stereocenters. The Morgan fingerprint density at radius 1 is 0.682 bits per heavy atom. The number of carbonyl (C=O) groups excluding carboxylic acids is 1. The largest absolute Gasteiger partial charge is 0.289 e. The lowest BCUT2D eigenvalue weighted by Gasteiger charge is -2.14. The normalized spacial score (nSPS) is 12.3. The van der Waals surface area contributed by atoms with E-state index in [0.717, 1.165) is 10.4 Å². The van der Waals surface area contributed by atoms with Gasteiger partial charge in [-0.15, -0.1) is 0 Å². The fourth-order valence-corrected chi connectivity index (χ4v) is 4.88. The SMILES string of the molecule is C[Si](C)(Cl)c1ccc(C(=O)c2ccc([Si](C)(C)Cl)cc2)cc1. The maximum Gasteiger partial charge on any atom is 0.193 e. The minimum absolute atomic E-state index is 0.0289. The molecule has 22 heavy (non-hydrogen) atoms. The summed E-state index contributed by atoms with van der Waals surface area (Å²) in [6.45, 7) is 8.29. The summed E-state index contributed by atoms with van der Waals surface area (Å²) in [5.41, 5.74) is 1.38. The van der Waals surface area contributed by atoms with E-state index in [2.05, 4.69) is 26.2 Å². The predicted molar refractivity (Wildman–Crippen MR) is 102 cm³/mol. The van der Waals surface area contributed by atoms with Crippen LogP contribution in [0.1, 0.15) is 15.9 Å². The van der Waals surface area contributed by atoms with Crippen LogP contribution in [0, 0.1) is 0 Å². The molecule has 0 aliphatic carbocycles. The molecule has 0 unspecified atom stereocenters. The Bertz CT molecular complexity index is 606. The van der Waals surface area contributed by atoms with Crippen LogP contribution in [0.4, 0.5) is 0 Å². The van der Waals surface area contributed by atoms with Crippen molar-refractivity contribution in [3.8, 4) is 0 Å². The van der Waals surface area contributed by atoms with Crippen molar-refractivity contribution in [1.29, 1.82) is 0 Å². The van der Waals surface area contributed by atoms with Gasteiger partial charge in [-0.3, -0.25) is 4.79 Å². The first-order chi connectivity index (χ1) is 10.1. The number of rotatable bonds is 4. The van der Waals surface area contributed by atoms with E-state index < -0.39 is 14.8 Å². The number of benzene rings is 2. The van der Waals surface area contributed by atoms with Crippen LogP contribution in [0.3, 0.4) is 0 Å². The maximum atomic E-state index is 12.5. The second-order valence-corrected chi connectivity index (χ2v) is 19.1. The Labute approximate surface area is 143 Å². The van der Waals surface area contributed by atoms with Crippen molar-refractivity contribution in [2.75, 3.05) is 0 Å². The van der Waals surface area contributed by atoms with Gasteiger partial charge in [0, 0.05) is 11.1 Å². The summed E-state index contributed by atoms with van der Waals surface area (Å²) >= 11 is 12.8. The minimum atomic E-state index is -1.85. The lowest BCUT2D eigenvalue weighted by Crippen LogP contribution is -2.35. The van der Waals surface area contributed by atoms with Gasteiger partial charge in [-0.1, -0.05) is 74.7 Å². The van der Waals surface area contributed by atoms with Gasteiger partial charge in [0.05, 0.1) is 0 Å². The van der Waals surface area contributed by atoms with Crippen molar-refractivity contribution in [1.82, 2.24) is 0 Å². The van der Waals surface area contributed by atoms with Crippen LogP contribution in [-0.2, 0) is 0 Å². The second-order valence-electron chi connectivity index (χ2n) is 6.43. The molecule has 0 aliphatic rings. The summed E-state index contributed by atoms with van der Waals surface area (Å²) in [4.78, 5) is 12.5. The monoisotopic (exact) mass is 366 g/mol. The third-order valence-electron chi connectivity index (χ3n) is 3.67. The summed E-state index contributed by atoms with van der Waals surface area (Å²) in [6.07, 6.45) is 0. The summed E-state index contributed by atoms with van der Waals surface area (Å²) in [5.74, 6) is 0.0289. The Hall–Kier alpha value is -0.876. The van der Waals surface area contributed by atoms with E-state index in [1.807, 2.05) is 48.5 Å². The van der Waals surface area contributed by atoms with E-state index in [0.29, 0.717) is 11.1 Å². The van der Waals surface area contributed by atoms with Crippen LogP contribution in [0.25, 0.3) is 0 Å². The van der Waals surface area contributed by atoms with Gasteiger partial charge in [-0.05, 0) is 10.4 Å². The Balaban J connectivity index is 2.25. The zero-order valence-corrected chi connectivity index (χ0v) is 16.8. The Morgan fingerprint density at radius 3 is 1.18 bits per heavy atom. The highest BCUT2D eigenvalue weighted by atomic mass is 35.6. The number of hydrogen-bond acceptors (Lipinski definition) is 1. The van der Waals surface area contributed by atoms with Crippen LogP contribution in [0.2, 0.25) is 26.2 Å². The van der Waals surface area contributed by atoms with E-state index in [4.69, 9.17) is 22.2 Å². The van der Waals surface area contributed by atoms with Crippen LogP contribution in [0.5, 0.6) is 0 Å². The predicted octanol–water partition coefficient (Wildman–Crippen LogP) is 4.22. The molecule has 0 radical (unpaired) electrons. The van der Waals surface area contributed by atoms with Crippen molar-refractivity contribution in [3.63, 3.8) is 0 Å². The van der Waals surface area contributed by atoms with Gasteiger partial charge < -0.3 is 0 Å². The van der Waals surface area contributed by atoms with Crippen LogP contribution >= 0.6 is 22.2 Å². The van der Waals surface area contributed by atoms with Crippen LogP contribution < -0.4 is 10.4 Å². The van der Waals surface area contributed by atoms with Crippen LogP contribution in [0.15, 0.2) is 48.5 Å². The van der Waals surface area contributed by atoms with Crippen molar-refractivity contribution in [2.45, 2.75) is 26.2 Å². The van der Waals surface area contributed by atoms with E-state index >= 15 is 0 Å². The maximum absolute atomic E-state index is 12.5. The first kappa shape index (κ1) is 17.5. The fourth-order valence-electron chi connectivity index (χ4n) is 2.20. The third kappa shape index (κ3) is 4.10. The van der Waals surface area contributed by atoms with Crippen LogP contribution in [-0.4, -0.2) is 20.6 Å². The molecule has 116 valence electrons. The number of halogens is 2. The molecule has 0 heterocycles. The van der Waals surface area contributed by atoms with Gasteiger partial charge in [0.1, 0.15) is 0 Å². The average Bonchev–Trinajstić information content (AvgIpc) is 2.45. The molecule has 0 amide bonds. The smallest absolute Gasteiger partial charge is 0.193 e. The number of carbonyl (C=O) groups is 1. The molecule has 2 rings (SSSR count). The molecule has 5 heteroatoms. The van der Waals surface area contributed by atoms with E-state index in [-0.39, 0.29) is 5.78 Å². The Kier molecular flexibility index (Phi) is 5.02. The molecule has 0 aliphatic heterocycles. The van der Waals surface area contributed by atoms with Gasteiger partial charge in [0.15, 0.2) is 20.6 Å². The lowest BCUT2D eigenvalue weighted by molar-refractivity contribution is 0.103. The standard InChI is InChI=1S/C17H20Cl2OSi2/c1-21(2,18)15-9-5-13(6-10-15)17(20)14-7-11-16(12-8-14)22(3,4)19/h5-12H,1-4H3. The highest BCUT2D eigenvalue weighted by Gasteiger charge is 2.22. The van der Waals surface area contributed by atoms with Gasteiger partial charge in [0.2, 0.25) is 0 Å². The van der Waals surface area contributed by atoms with E-state index in [9.17, 15) is 4.79 Å². The molecule has 0 bridgehead atoms. The summed E-state index contributed by atoms with van der Waals surface area (Å²) in [7, 11) is -3.70. The first-order valence-electron chi connectivity index (χ1n) is 7.22. The molecule has 1 nitrogen and oxygen atoms in total. The third-order valence-corrected chi connectivity index (χ3v) is 8.39. The zero-order chi connectivity index (χ0) is 16.5. The van der Waals surface area contributed by atoms with Gasteiger partial charge in [-0.2, -0.15) is 22.2 Å². The molecular formula is C17H20Cl2OSi2. The molecule has 0 saturated heterocycles. The molecular weight excluding hydrogens is 347 g/mol. The average molecular weight is 367 g/mol. The zero-order valence-electron chi connectivity index (χ0n) is 13.3. The molecule has 2 aromatic carbocycles. The quantitative estimate of drug-likeness (QED) is 0.449. The van der Waals surface area contributed by atoms with Crippen molar-refractivity contribution >= 4 is 53.1 Å². The van der Waals surface area contributed by atoms with Crippen molar-refractivity contribution in [2.24, 2.45) is 0 Å². The minimum Gasteiger partial charge on any atom is -0.289 e. The molecule has 0 saturated carbocycles. The molecule has 0 fully saturated rings. The molecule has 0 N–H and O–H groups in total. The second kappa shape index (κ2) is 6.32. The topological polar surface area (TPSA) is 17.1 Å². The van der Waals surface area contributed by atoms with Gasteiger partial charge in [-0.25, -0.2) is 0 Å². The Morgan fingerprint density at radius 2 is 0.955 bits per heavy atom. The van der Waals surface area contributed by atoms with Crippen molar-refractivity contribution < 1.29 is 4.79 Å². The number of ketones is 1. The van der Waals surface area contributed by atoms with E-state index in [1.54, 1.807) is 0 Å². The summed E-state index contributed by atoms with van der Waals surface area (Å²) < 4.78 is 0. The molecule has 0 spiro atoms. The lowest BCUT2D eigenvalue weighted by atomic mass is 10.0.